The van der Waals surface area contributed by atoms with Crippen LogP contribution in [0.4, 0.5) is 0 Å². The van der Waals surface area contributed by atoms with Crippen LogP contribution in [-0.4, -0.2) is 69.4 Å². The fourth-order valence-corrected chi connectivity index (χ4v) is 3.74. The van der Waals surface area contributed by atoms with Gasteiger partial charge in [-0.2, -0.15) is 0 Å². The Bertz CT molecular complexity index is 951. The standard InChI is InChI=1S/C20H24O9/c1-20(2,29-19-18(25)17(24)16(23)13(8-21)28-19)14-6-10-5-9-3-4-15(22)27-11(9)7-12(10)26-14/h3-5,7,13-14,16-19,21,23-25H,6,8H2,1-2H3/t13-,14-,16-,17+,18-,19+/m0/s1. The molecule has 0 amide bonds. The molecule has 9 nitrogen and oxygen atoms in total. The Morgan fingerprint density at radius 1 is 1.14 bits per heavy atom. The van der Waals surface area contributed by atoms with Crippen molar-refractivity contribution in [3.63, 3.8) is 0 Å². The number of benzene rings is 1. The van der Waals surface area contributed by atoms with E-state index in [0.29, 0.717) is 17.8 Å². The molecule has 1 fully saturated rings. The Morgan fingerprint density at radius 3 is 2.62 bits per heavy atom. The molecular weight excluding hydrogens is 384 g/mol. The van der Waals surface area contributed by atoms with E-state index in [2.05, 4.69) is 0 Å². The Labute approximate surface area is 166 Å². The first-order valence-electron chi connectivity index (χ1n) is 9.41. The molecule has 0 bridgehead atoms. The number of hydrogen-bond donors (Lipinski definition) is 4. The van der Waals surface area contributed by atoms with Gasteiger partial charge in [-0.15, -0.1) is 0 Å². The average Bonchev–Trinajstić information content (AvgIpc) is 3.10. The summed E-state index contributed by atoms with van der Waals surface area (Å²) >= 11 is 0. The highest BCUT2D eigenvalue weighted by Gasteiger charge is 2.48. The Hall–Kier alpha value is -2.01. The van der Waals surface area contributed by atoms with Gasteiger partial charge < -0.3 is 39.1 Å². The zero-order chi connectivity index (χ0) is 20.9. The SMILES string of the molecule is CC(C)(O[C@H]1O[C@@H](CO)[C@H](O)[C@@H](O)[C@@H]1O)[C@@H]1Cc2cc3ccc(=O)oc3cc2O1. The zero-order valence-electron chi connectivity index (χ0n) is 16.0. The minimum Gasteiger partial charge on any atom is -0.487 e. The van der Waals surface area contributed by atoms with E-state index in [-0.39, 0.29) is 0 Å². The summed E-state index contributed by atoms with van der Waals surface area (Å²) in [7, 11) is 0. The summed E-state index contributed by atoms with van der Waals surface area (Å²) in [6.07, 6.45) is -6.71. The van der Waals surface area contributed by atoms with Gasteiger partial charge in [0.05, 0.1) is 6.61 Å². The summed E-state index contributed by atoms with van der Waals surface area (Å²) in [5.74, 6) is 0.572. The van der Waals surface area contributed by atoms with Gasteiger partial charge in [-0.3, -0.25) is 0 Å². The van der Waals surface area contributed by atoms with Crippen molar-refractivity contribution >= 4 is 11.0 Å². The fraction of sp³-hybridized carbons (Fsp3) is 0.550. The highest BCUT2D eigenvalue weighted by atomic mass is 16.7. The molecule has 2 aromatic rings. The molecule has 9 heteroatoms. The maximum Gasteiger partial charge on any atom is 0.336 e. The second kappa shape index (κ2) is 7.35. The number of fused-ring (bicyclic) bond motifs is 2. The van der Waals surface area contributed by atoms with E-state index in [4.69, 9.17) is 18.6 Å². The van der Waals surface area contributed by atoms with Gasteiger partial charge in [0.25, 0.3) is 0 Å². The molecule has 1 aromatic heterocycles. The molecule has 6 atom stereocenters. The van der Waals surface area contributed by atoms with Crippen LogP contribution in [0.3, 0.4) is 0 Å². The van der Waals surface area contributed by atoms with E-state index >= 15 is 0 Å². The molecule has 0 unspecified atom stereocenters. The third kappa shape index (κ3) is 3.65. The zero-order valence-corrected chi connectivity index (χ0v) is 16.0. The van der Waals surface area contributed by atoms with E-state index in [1.165, 1.54) is 6.07 Å². The predicted molar refractivity (Wildman–Crippen MR) is 99.5 cm³/mol. The van der Waals surface area contributed by atoms with E-state index in [9.17, 15) is 25.2 Å². The molecule has 0 radical (unpaired) electrons. The predicted octanol–water partition coefficient (Wildman–Crippen LogP) is -0.308. The molecule has 1 aromatic carbocycles. The number of ether oxygens (including phenoxy) is 3. The first kappa shape index (κ1) is 20.3. The van der Waals surface area contributed by atoms with Crippen molar-refractivity contribution in [2.24, 2.45) is 0 Å². The minimum absolute atomic E-state index is 0.421. The Kier molecular flexibility index (Phi) is 5.14. The number of aliphatic hydroxyl groups excluding tert-OH is 4. The van der Waals surface area contributed by atoms with Crippen LogP contribution < -0.4 is 10.4 Å². The quantitative estimate of drug-likeness (QED) is 0.502. The van der Waals surface area contributed by atoms with Crippen LogP contribution in [0.5, 0.6) is 5.75 Å². The Balaban J connectivity index is 1.53. The van der Waals surface area contributed by atoms with Crippen molar-refractivity contribution in [2.45, 2.75) is 62.7 Å². The molecule has 2 aliphatic rings. The van der Waals surface area contributed by atoms with E-state index in [1.54, 1.807) is 26.0 Å². The van der Waals surface area contributed by atoms with Crippen molar-refractivity contribution < 1.29 is 39.1 Å². The molecule has 1 saturated heterocycles. The molecule has 158 valence electrons. The van der Waals surface area contributed by atoms with Crippen molar-refractivity contribution in [1.29, 1.82) is 0 Å². The van der Waals surface area contributed by atoms with Gasteiger partial charge in [-0.25, -0.2) is 4.79 Å². The van der Waals surface area contributed by atoms with Gasteiger partial charge >= 0.3 is 5.63 Å². The second-order valence-corrected chi connectivity index (χ2v) is 7.98. The van der Waals surface area contributed by atoms with Gasteiger partial charge in [0.2, 0.25) is 0 Å². The van der Waals surface area contributed by atoms with Crippen LogP contribution in [0.1, 0.15) is 19.4 Å². The minimum atomic E-state index is -1.52. The monoisotopic (exact) mass is 408 g/mol. The first-order chi connectivity index (χ1) is 13.7. The van der Waals surface area contributed by atoms with Crippen molar-refractivity contribution in [3.8, 4) is 5.75 Å². The summed E-state index contributed by atoms with van der Waals surface area (Å²) in [4.78, 5) is 11.4. The highest BCUT2D eigenvalue weighted by Crippen LogP contribution is 2.38. The lowest BCUT2D eigenvalue weighted by molar-refractivity contribution is -0.329. The second-order valence-electron chi connectivity index (χ2n) is 7.98. The number of rotatable bonds is 4. The summed E-state index contributed by atoms with van der Waals surface area (Å²) < 4.78 is 22.6. The normalized spacial score (nSPS) is 32.2. The summed E-state index contributed by atoms with van der Waals surface area (Å²) in [6.45, 7) is 2.98. The third-order valence-corrected chi connectivity index (χ3v) is 5.52. The van der Waals surface area contributed by atoms with E-state index in [1.807, 2.05) is 6.07 Å². The average molecular weight is 408 g/mol. The largest absolute Gasteiger partial charge is 0.487 e. The lowest BCUT2D eigenvalue weighted by atomic mass is 9.95. The summed E-state index contributed by atoms with van der Waals surface area (Å²) in [5.41, 5.74) is -0.0654. The molecule has 4 rings (SSSR count). The fourth-order valence-electron chi connectivity index (χ4n) is 3.74. The van der Waals surface area contributed by atoms with Crippen LogP contribution in [0.15, 0.2) is 33.5 Å². The van der Waals surface area contributed by atoms with Crippen LogP contribution in [0, 0.1) is 0 Å². The van der Waals surface area contributed by atoms with Crippen LogP contribution in [-0.2, 0) is 15.9 Å². The van der Waals surface area contributed by atoms with Crippen molar-refractivity contribution in [2.75, 3.05) is 6.61 Å². The summed E-state index contributed by atoms with van der Waals surface area (Å²) in [5, 5.41) is 40.2. The lowest BCUT2D eigenvalue weighted by Gasteiger charge is -2.43. The maximum atomic E-state index is 11.4. The van der Waals surface area contributed by atoms with Crippen LogP contribution in [0.2, 0.25) is 0 Å². The lowest BCUT2D eigenvalue weighted by Crippen LogP contribution is -2.61. The van der Waals surface area contributed by atoms with Gasteiger partial charge in [0.1, 0.15) is 47.5 Å². The molecular formula is C20H24O9. The van der Waals surface area contributed by atoms with Gasteiger partial charge in [-0.1, -0.05) is 0 Å². The van der Waals surface area contributed by atoms with E-state index in [0.717, 1.165) is 10.9 Å². The smallest absolute Gasteiger partial charge is 0.336 e. The number of aliphatic hydroxyl groups is 4. The van der Waals surface area contributed by atoms with Crippen LogP contribution >= 0.6 is 0 Å². The molecule has 29 heavy (non-hydrogen) atoms. The molecule has 2 aliphatic heterocycles. The third-order valence-electron chi connectivity index (χ3n) is 5.52. The molecule has 0 aliphatic carbocycles. The molecule has 4 N–H and O–H groups in total. The first-order valence-corrected chi connectivity index (χ1v) is 9.41. The molecule has 0 saturated carbocycles. The van der Waals surface area contributed by atoms with Crippen LogP contribution in [0.25, 0.3) is 11.0 Å². The Morgan fingerprint density at radius 2 is 1.90 bits per heavy atom. The molecule has 3 heterocycles. The maximum absolute atomic E-state index is 11.4. The van der Waals surface area contributed by atoms with Gasteiger partial charge in [-0.05, 0) is 31.5 Å². The topological polar surface area (TPSA) is 139 Å². The van der Waals surface area contributed by atoms with Gasteiger partial charge in [0.15, 0.2) is 6.29 Å². The number of hydrogen-bond acceptors (Lipinski definition) is 9. The molecule has 0 spiro atoms. The highest BCUT2D eigenvalue weighted by molar-refractivity contribution is 5.79. The van der Waals surface area contributed by atoms with Gasteiger partial charge in [0, 0.05) is 23.9 Å². The summed E-state index contributed by atoms with van der Waals surface area (Å²) in [6, 6.07) is 6.59. The van der Waals surface area contributed by atoms with E-state index < -0.39 is 54.6 Å². The van der Waals surface area contributed by atoms with Crippen molar-refractivity contribution in [1.82, 2.24) is 0 Å². The van der Waals surface area contributed by atoms with Crippen molar-refractivity contribution in [3.05, 3.63) is 40.2 Å².